The second-order valence-corrected chi connectivity index (χ2v) is 6.96. The molecule has 0 aliphatic carbocycles. The van der Waals surface area contributed by atoms with E-state index in [0.717, 1.165) is 37.4 Å². The number of urea groups is 1. The minimum atomic E-state index is -0.00638. The molecule has 0 bridgehead atoms. The fraction of sp³-hybridized carbons (Fsp3) is 0.381. The Balaban J connectivity index is 1.63. The summed E-state index contributed by atoms with van der Waals surface area (Å²) in [6, 6.07) is 12.5. The Morgan fingerprint density at radius 2 is 1.52 bits per heavy atom. The smallest absolute Gasteiger partial charge is 0.321 e. The molecule has 2 aromatic carbocycles. The van der Waals surface area contributed by atoms with Crippen LogP contribution in [0, 0.1) is 27.7 Å². The van der Waals surface area contributed by atoms with Crippen LogP contribution in [0.25, 0.3) is 0 Å². The molecule has 0 aromatic heterocycles. The molecular weight excluding hydrogens is 310 g/mol. The molecule has 0 saturated carbocycles. The molecule has 0 radical (unpaired) electrons. The van der Waals surface area contributed by atoms with Crippen LogP contribution in [0.5, 0.6) is 0 Å². The van der Waals surface area contributed by atoms with Crippen molar-refractivity contribution < 1.29 is 4.79 Å². The number of para-hydroxylation sites is 1. The minimum Gasteiger partial charge on any atom is -0.368 e. The van der Waals surface area contributed by atoms with Gasteiger partial charge in [0.2, 0.25) is 0 Å². The highest BCUT2D eigenvalue weighted by atomic mass is 16.2. The predicted octanol–water partition coefficient (Wildman–Crippen LogP) is 4.27. The molecule has 1 aliphatic rings. The molecule has 2 aromatic rings. The first-order valence-electron chi connectivity index (χ1n) is 8.90. The van der Waals surface area contributed by atoms with Crippen LogP contribution in [-0.4, -0.2) is 37.1 Å². The Bertz CT molecular complexity index is 756. The maximum atomic E-state index is 12.6. The molecule has 3 rings (SSSR count). The zero-order valence-electron chi connectivity index (χ0n) is 15.6. The zero-order chi connectivity index (χ0) is 18.0. The molecule has 0 atom stereocenters. The van der Waals surface area contributed by atoms with E-state index in [1.165, 1.54) is 22.4 Å². The van der Waals surface area contributed by atoms with E-state index in [0.29, 0.717) is 0 Å². The number of nitrogens with one attached hydrogen (secondary N) is 1. The van der Waals surface area contributed by atoms with Crippen LogP contribution in [0.2, 0.25) is 0 Å². The van der Waals surface area contributed by atoms with E-state index >= 15 is 0 Å². The van der Waals surface area contributed by atoms with Crippen LogP contribution in [0.15, 0.2) is 36.4 Å². The van der Waals surface area contributed by atoms with Crippen LogP contribution in [0.4, 0.5) is 16.2 Å². The molecule has 0 unspecified atom stereocenters. The second-order valence-electron chi connectivity index (χ2n) is 6.96. The van der Waals surface area contributed by atoms with E-state index in [1.54, 1.807) is 0 Å². The SMILES string of the molecule is Cc1ccc(NC(=O)N2CCN(c3c(C)cccc3C)CC2)c(C)c1. The van der Waals surface area contributed by atoms with Crippen molar-refractivity contribution in [2.75, 3.05) is 36.4 Å². The summed E-state index contributed by atoms with van der Waals surface area (Å²) in [5.41, 5.74) is 7.12. The number of hydrogen-bond donors (Lipinski definition) is 1. The molecule has 1 N–H and O–H groups in total. The van der Waals surface area contributed by atoms with Crippen molar-refractivity contribution in [3.63, 3.8) is 0 Å². The van der Waals surface area contributed by atoms with Crippen molar-refractivity contribution in [2.45, 2.75) is 27.7 Å². The van der Waals surface area contributed by atoms with Crippen LogP contribution in [0.1, 0.15) is 22.3 Å². The van der Waals surface area contributed by atoms with Gasteiger partial charge in [-0.1, -0.05) is 35.9 Å². The third-order valence-electron chi connectivity index (χ3n) is 4.95. The van der Waals surface area contributed by atoms with Gasteiger partial charge in [-0.2, -0.15) is 0 Å². The number of carbonyl (C=O) groups excluding carboxylic acids is 1. The molecular formula is C21H27N3O. The van der Waals surface area contributed by atoms with Gasteiger partial charge < -0.3 is 15.1 Å². The maximum Gasteiger partial charge on any atom is 0.321 e. The van der Waals surface area contributed by atoms with Crippen molar-refractivity contribution in [1.29, 1.82) is 0 Å². The van der Waals surface area contributed by atoms with Gasteiger partial charge in [0.05, 0.1) is 0 Å². The number of benzene rings is 2. The number of hydrogen-bond acceptors (Lipinski definition) is 2. The summed E-state index contributed by atoms with van der Waals surface area (Å²) in [4.78, 5) is 16.9. The first kappa shape index (κ1) is 17.3. The number of nitrogens with zero attached hydrogens (tertiary/aromatic N) is 2. The topological polar surface area (TPSA) is 35.6 Å². The average Bonchev–Trinajstić information content (AvgIpc) is 2.58. The number of amides is 2. The van der Waals surface area contributed by atoms with Gasteiger partial charge in [0.15, 0.2) is 0 Å². The number of carbonyl (C=O) groups is 1. The standard InChI is InChI=1S/C21H27N3O/c1-15-8-9-19(18(4)14-15)22-21(25)24-12-10-23(11-13-24)20-16(2)6-5-7-17(20)3/h5-9,14H,10-13H2,1-4H3,(H,22,25). The molecule has 1 fully saturated rings. The van der Waals surface area contributed by atoms with Gasteiger partial charge >= 0.3 is 6.03 Å². The normalized spacial score (nSPS) is 14.6. The largest absolute Gasteiger partial charge is 0.368 e. The summed E-state index contributed by atoms with van der Waals surface area (Å²) >= 11 is 0. The first-order chi connectivity index (χ1) is 12.0. The molecule has 1 aliphatic heterocycles. The summed E-state index contributed by atoms with van der Waals surface area (Å²) in [7, 11) is 0. The van der Waals surface area contributed by atoms with Crippen molar-refractivity contribution in [1.82, 2.24) is 4.90 Å². The maximum absolute atomic E-state index is 12.6. The van der Waals surface area contributed by atoms with E-state index in [9.17, 15) is 4.79 Å². The fourth-order valence-electron chi connectivity index (χ4n) is 3.59. The molecule has 2 amide bonds. The number of aryl methyl sites for hydroxylation is 4. The molecule has 25 heavy (non-hydrogen) atoms. The van der Waals surface area contributed by atoms with E-state index in [-0.39, 0.29) is 6.03 Å². The van der Waals surface area contributed by atoms with E-state index in [4.69, 9.17) is 0 Å². The van der Waals surface area contributed by atoms with Crippen LogP contribution in [-0.2, 0) is 0 Å². The number of rotatable bonds is 2. The molecule has 4 nitrogen and oxygen atoms in total. The first-order valence-corrected chi connectivity index (χ1v) is 8.90. The van der Waals surface area contributed by atoms with Crippen molar-refractivity contribution in [3.05, 3.63) is 58.7 Å². The van der Waals surface area contributed by atoms with Gasteiger partial charge in [0.25, 0.3) is 0 Å². The summed E-state index contributed by atoms with van der Waals surface area (Å²) < 4.78 is 0. The van der Waals surface area contributed by atoms with Gasteiger partial charge in [-0.05, 0) is 50.5 Å². The highest BCUT2D eigenvalue weighted by Gasteiger charge is 2.23. The third kappa shape index (κ3) is 3.78. The van der Waals surface area contributed by atoms with Crippen LogP contribution >= 0.6 is 0 Å². The Morgan fingerprint density at radius 1 is 0.880 bits per heavy atom. The van der Waals surface area contributed by atoms with Crippen molar-refractivity contribution in [3.8, 4) is 0 Å². The van der Waals surface area contributed by atoms with E-state index in [1.807, 2.05) is 24.0 Å². The lowest BCUT2D eigenvalue weighted by atomic mass is 10.1. The van der Waals surface area contributed by atoms with Crippen molar-refractivity contribution >= 4 is 17.4 Å². The number of piperazine rings is 1. The summed E-state index contributed by atoms with van der Waals surface area (Å²) in [6.45, 7) is 11.6. The van der Waals surface area contributed by atoms with Crippen LogP contribution in [0.3, 0.4) is 0 Å². The highest BCUT2D eigenvalue weighted by Crippen LogP contribution is 2.26. The lowest BCUT2D eigenvalue weighted by Crippen LogP contribution is -2.50. The van der Waals surface area contributed by atoms with Gasteiger partial charge in [0, 0.05) is 37.6 Å². The Labute approximate surface area is 150 Å². The van der Waals surface area contributed by atoms with Crippen LogP contribution < -0.4 is 10.2 Å². The second kappa shape index (κ2) is 7.18. The minimum absolute atomic E-state index is 0.00638. The van der Waals surface area contributed by atoms with Crippen molar-refractivity contribution in [2.24, 2.45) is 0 Å². The Kier molecular flexibility index (Phi) is 4.98. The Hall–Kier alpha value is -2.49. The lowest BCUT2D eigenvalue weighted by Gasteiger charge is -2.37. The molecule has 4 heteroatoms. The van der Waals surface area contributed by atoms with Gasteiger partial charge in [0.1, 0.15) is 0 Å². The predicted molar refractivity (Wildman–Crippen MR) is 105 cm³/mol. The fourth-order valence-corrected chi connectivity index (χ4v) is 3.59. The average molecular weight is 337 g/mol. The molecule has 132 valence electrons. The quantitative estimate of drug-likeness (QED) is 0.888. The summed E-state index contributed by atoms with van der Waals surface area (Å²) in [5.74, 6) is 0. The Morgan fingerprint density at radius 3 is 2.12 bits per heavy atom. The van der Waals surface area contributed by atoms with Gasteiger partial charge in [-0.3, -0.25) is 0 Å². The summed E-state index contributed by atoms with van der Waals surface area (Å²) in [6.07, 6.45) is 0. The van der Waals surface area contributed by atoms with Gasteiger partial charge in [-0.15, -0.1) is 0 Å². The molecule has 1 saturated heterocycles. The summed E-state index contributed by atoms with van der Waals surface area (Å²) in [5, 5.41) is 3.05. The van der Waals surface area contributed by atoms with E-state index in [2.05, 4.69) is 55.3 Å². The monoisotopic (exact) mass is 337 g/mol. The highest BCUT2D eigenvalue weighted by molar-refractivity contribution is 5.90. The third-order valence-corrected chi connectivity index (χ3v) is 4.95. The zero-order valence-corrected chi connectivity index (χ0v) is 15.6. The lowest BCUT2D eigenvalue weighted by molar-refractivity contribution is 0.208. The molecule has 0 spiro atoms. The molecule has 1 heterocycles. The van der Waals surface area contributed by atoms with E-state index < -0.39 is 0 Å². The number of anilines is 2. The van der Waals surface area contributed by atoms with Gasteiger partial charge in [-0.25, -0.2) is 4.79 Å².